The Kier molecular flexibility index (Phi) is 6.05. The van der Waals surface area contributed by atoms with E-state index in [0.29, 0.717) is 0 Å². The molecule has 1 amide bonds. The molecule has 2 fully saturated rings. The van der Waals surface area contributed by atoms with Gasteiger partial charge in [0.05, 0.1) is 12.0 Å². The Morgan fingerprint density at radius 2 is 2.00 bits per heavy atom. The molecular weight excluding hydrogens is 350 g/mol. The molecule has 0 radical (unpaired) electrons. The van der Waals surface area contributed by atoms with E-state index >= 15 is 0 Å². The topological polar surface area (TPSA) is 73.9 Å². The third-order valence-corrected chi connectivity index (χ3v) is 6.18. The summed E-state index contributed by atoms with van der Waals surface area (Å²) in [6.07, 6.45) is 6.62. The fraction of sp³-hybridized carbons (Fsp3) is 0.591. The van der Waals surface area contributed by atoms with Gasteiger partial charge in [-0.2, -0.15) is 5.10 Å². The van der Waals surface area contributed by atoms with Gasteiger partial charge >= 0.3 is 0 Å². The molecule has 0 spiro atoms. The summed E-state index contributed by atoms with van der Waals surface area (Å²) in [6, 6.07) is 10.7. The maximum atomic E-state index is 12.7. The van der Waals surface area contributed by atoms with Gasteiger partial charge in [0.15, 0.2) is 5.82 Å². The van der Waals surface area contributed by atoms with Crippen molar-refractivity contribution in [3.8, 4) is 0 Å². The van der Waals surface area contributed by atoms with Crippen LogP contribution in [0.2, 0.25) is 0 Å². The number of aromatic nitrogens is 3. The maximum absolute atomic E-state index is 12.7. The molecular formula is C22H31N5O. The highest BCUT2D eigenvalue weighted by molar-refractivity contribution is 5.79. The van der Waals surface area contributed by atoms with E-state index < -0.39 is 0 Å². The van der Waals surface area contributed by atoms with Crippen LogP contribution in [0.4, 0.5) is 0 Å². The highest BCUT2D eigenvalue weighted by atomic mass is 16.2. The monoisotopic (exact) mass is 381 g/mol. The first-order valence-electron chi connectivity index (χ1n) is 10.6. The number of hydrogen-bond donors (Lipinski definition) is 2. The summed E-state index contributed by atoms with van der Waals surface area (Å²) in [4.78, 5) is 19.7. The van der Waals surface area contributed by atoms with Gasteiger partial charge in [-0.1, -0.05) is 43.2 Å². The molecule has 1 aliphatic heterocycles. The first-order valence-corrected chi connectivity index (χ1v) is 10.6. The Hall–Kier alpha value is -2.21. The Labute approximate surface area is 167 Å². The van der Waals surface area contributed by atoms with Crippen molar-refractivity contribution in [2.24, 2.45) is 5.92 Å². The minimum atomic E-state index is 0.0972. The SMILES string of the molecule is Cc1nc([C@@H]2CN(CCCc3ccccc3)C[C@H]2NC(=O)C2CCCC2)n[nH]1. The predicted molar refractivity (Wildman–Crippen MR) is 109 cm³/mol. The van der Waals surface area contributed by atoms with E-state index in [2.05, 4.69) is 55.7 Å². The van der Waals surface area contributed by atoms with E-state index in [0.717, 1.165) is 57.0 Å². The molecule has 2 heterocycles. The minimum absolute atomic E-state index is 0.0972. The van der Waals surface area contributed by atoms with Crippen molar-refractivity contribution in [1.29, 1.82) is 0 Å². The summed E-state index contributed by atoms with van der Waals surface area (Å²) in [5.74, 6) is 2.25. The smallest absolute Gasteiger partial charge is 0.223 e. The van der Waals surface area contributed by atoms with Gasteiger partial charge in [-0.05, 0) is 44.7 Å². The van der Waals surface area contributed by atoms with Crippen molar-refractivity contribution in [1.82, 2.24) is 25.4 Å². The third-order valence-electron chi connectivity index (χ3n) is 6.18. The molecule has 1 aliphatic carbocycles. The Balaban J connectivity index is 1.37. The van der Waals surface area contributed by atoms with Crippen LogP contribution in [0, 0.1) is 12.8 Å². The lowest BCUT2D eigenvalue weighted by Gasteiger charge is -2.20. The molecule has 0 bridgehead atoms. The Bertz CT molecular complexity index is 768. The van der Waals surface area contributed by atoms with Crippen molar-refractivity contribution < 1.29 is 4.79 Å². The van der Waals surface area contributed by atoms with Crippen LogP contribution in [-0.2, 0) is 11.2 Å². The summed E-state index contributed by atoms with van der Waals surface area (Å²) in [6.45, 7) is 4.74. The molecule has 28 heavy (non-hydrogen) atoms. The van der Waals surface area contributed by atoms with E-state index in [1.807, 2.05) is 6.92 Å². The number of H-pyrrole nitrogens is 1. The number of benzene rings is 1. The molecule has 2 atom stereocenters. The number of rotatable bonds is 7. The lowest BCUT2D eigenvalue weighted by molar-refractivity contribution is -0.125. The van der Waals surface area contributed by atoms with Gasteiger partial charge in [0.1, 0.15) is 5.82 Å². The Morgan fingerprint density at radius 1 is 1.21 bits per heavy atom. The van der Waals surface area contributed by atoms with Crippen LogP contribution >= 0.6 is 0 Å². The normalized spacial score (nSPS) is 23.3. The highest BCUT2D eigenvalue weighted by Crippen LogP contribution is 2.29. The standard InChI is InChI=1S/C22H31N5O/c1-16-23-21(26-25-16)19-14-27(13-7-10-17-8-3-2-4-9-17)15-20(19)24-22(28)18-11-5-6-12-18/h2-4,8-9,18-20H,5-7,10-15H2,1H3,(H,24,28)(H,23,25,26)/t19-,20-/m1/s1. The molecule has 4 rings (SSSR count). The fourth-order valence-electron chi connectivity index (χ4n) is 4.64. The van der Waals surface area contributed by atoms with Crippen LogP contribution in [0.3, 0.4) is 0 Å². The van der Waals surface area contributed by atoms with Crippen LogP contribution < -0.4 is 5.32 Å². The maximum Gasteiger partial charge on any atom is 0.223 e. The van der Waals surface area contributed by atoms with Crippen molar-refractivity contribution >= 4 is 5.91 Å². The second-order valence-electron chi connectivity index (χ2n) is 8.33. The fourth-order valence-corrected chi connectivity index (χ4v) is 4.64. The van der Waals surface area contributed by atoms with E-state index in [4.69, 9.17) is 0 Å². The van der Waals surface area contributed by atoms with E-state index in [9.17, 15) is 4.79 Å². The largest absolute Gasteiger partial charge is 0.351 e. The van der Waals surface area contributed by atoms with Crippen LogP contribution in [0.25, 0.3) is 0 Å². The molecule has 2 aromatic rings. The number of aryl methyl sites for hydroxylation is 2. The van der Waals surface area contributed by atoms with Crippen molar-refractivity contribution in [2.75, 3.05) is 19.6 Å². The number of likely N-dealkylation sites (tertiary alicyclic amines) is 1. The number of hydrogen-bond acceptors (Lipinski definition) is 4. The zero-order valence-corrected chi connectivity index (χ0v) is 16.7. The second-order valence-corrected chi connectivity index (χ2v) is 8.33. The number of aromatic amines is 1. The predicted octanol–water partition coefficient (Wildman–Crippen LogP) is 2.82. The quantitative estimate of drug-likeness (QED) is 0.773. The summed E-state index contributed by atoms with van der Waals surface area (Å²) < 4.78 is 0. The summed E-state index contributed by atoms with van der Waals surface area (Å²) in [7, 11) is 0. The molecule has 1 aromatic heterocycles. The Morgan fingerprint density at radius 3 is 2.71 bits per heavy atom. The summed E-state index contributed by atoms with van der Waals surface area (Å²) in [5, 5.41) is 10.7. The highest BCUT2D eigenvalue weighted by Gasteiger charge is 2.38. The number of amides is 1. The van der Waals surface area contributed by atoms with E-state index in [-0.39, 0.29) is 23.8 Å². The first kappa shape index (κ1) is 19.1. The molecule has 1 aromatic carbocycles. The zero-order valence-electron chi connectivity index (χ0n) is 16.7. The van der Waals surface area contributed by atoms with Gasteiger partial charge in [-0.25, -0.2) is 4.98 Å². The van der Waals surface area contributed by atoms with Crippen molar-refractivity contribution in [3.05, 3.63) is 47.5 Å². The van der Waals surface area contributed by atoms with Crippen LogP contribution in [0.1, 0.15) is 55.2 Å². The number of carbonyl (C=O) groups is 1. The van der Waals surface area contributed by atoms with Crippen LogP contribution in [-0.4, -0.2) is 51.7 Å². The number of nitrogens with zero attached hydrogens (tertiary/aromatic N) is 3. The van der Waals surface area contributed by atoms with Gasteiger partial charge in [0.2, 0.25) is 5.91 Å². The molecule has 6 nitrogen and oxygen atoms in total. The molecule has 2 N–H and O–H groups in total. The molecule has 1 saturated heterocycles. The zero-order chi connectivity index (χ0) is 19.3. The van der Waals surface area contributed by atoms with Crippen LogP contribution in [0.15, 0.2) is 30.3 Å². The molecule has 2 aliphatic rings. The average Bonchev–Trinajstić information content (AvgIpc) is 3.44. The first-order chi connectivity index (χ1) is 13.7. The van der Waals surface area contributed by atoms with Gasteiger partial charge in [-0.15, -0.1) is 0 Å². The minimum Gasteiger partial charge on any atom is -0.351 e. The third kappa shape index (κ3) is 4.61. The molecule has 150 valence electrons. The molecule has 0 unspecified atom stereocenters. The molecule has 6 heteroatoms. The van der Waals surface area contributed by atoms with Gasteiger partial charge in [0, 0.05) is 19.0 Å². The summed E-state index contributed by atoms with van der Waals surface area (Å²) in [5.41, 5.74) is 1.38. The second kappa shape index (κ2) is 8.86. The van der Waals surface area contributed by atoms with E-state index in [1.165, 1.54) is 18.4 Å². The lowest BCUT2D eigenvalue weighted by atomic mass is 10.0. The lowest BCUT2D eigenvalue weighted by Crippen LogP contribution is -2.42. The van der Waals surface area contributed by atoms with Crippen LogP contribution in [0.5, 0.6) is 0 Å². The average molecular weight is 382 g/mol. The summed E-state index contributed by atoms with van der Waals surface area (Å²) >= 11 is 0. The van der Waals surface area contributed by atoms with E-state index in [1.54, 1.807) is 0 Å². The van der Waals surface area contributed by atoms with Gasteiger partial charge < -0.3 is 10.2 Å². The number of carbonyl (C=O) groups excluding carboxylic acids is 1. The molecule has 1 saturated carbocycles. The van der Waals surface area contributed by atoms with Crippen molar-refractivity contribution in [3.63, 3.8) is 0 Å². The van der Waals surface area contributed by atoms with Gasteiger partial charge in [0.25, 0.3) is 0 Å². The van der Waals surface area contributed by atoms with Gasteiger partial charge in [-0.3, -0.25) is 9.89 Å². The van der Waals surface area contributed by atoms with Crippen molar-refractivity contribution in [2.45, 2.75) is 57.4 Å². The number of nitrogens with one attached hydrogen (secondary N) is 2.